The van der Waals surface area contributed by atoms with Crippen LogP contribution in [-0.4, -0.2) is 30.1 Å². The van der Waals surface area contributed by atoms with Crippen molar-refractivity contribution in [2.75, 3.05) is 13.2 Å². The van der Waals surface area contributed by atoms with Gasteiger partial charge >= 0.3 is 0 Å². The highest BCUT2D eigenvalue weighted by Gasteiger charge is 2.32. The van der Waals surface area contributed by atoms with Crippen LogP contribution in [0.2, 0.25) is 0 Å². The SMILES string of the molecule is C[C@@H]1CCN(C(=O)CC[C@H]2CCCO2)[C@H](c2ccco2)C1. The lowest BCUT2D eigenvalue weighted by molar-refractivity contribution is -0.136. The van der Waals surface area contributed by atoms with Crippen LogP contribution in [0.4, 0.5) is 0 Å². The van der Waals surface area contributed by atoms with E-state index in [0.717, 1.165) is 51.0 Å². The zero-order valence-corrected chi connectivity index (χ0v) is 12.8. The van der Waals surface area contributed by atoms with Gasteiger partial charge in [0.1, 0.15) is 5.76 Å². The highest BCUT2D eigenvalue weighted by atomic mass is 16.5. The summed E-state index contributed by atoms with van der Waals surface area (Å²) in [5, 5.41) is 0. The molecule has 0 radical (unpaired) electrons. The molecule has 1 aromatic rings. The van der Waals surface area contributed by atoms with Crippen LogP contribution in [0.3, 0.4) is 0 Å². The van der Waals surface area contributed by atoms with Crippen LogP contribution in [0.15, 0.2) is 22.8 Å². The van der Waals surface area contributed by atoms with Gasteiger partial charge in [-0.05, 0) is 50.2 Å². The Morgan fingerprint density at radius 2 is 2.33 bits per heavy atom. The third-order valence-electron chi connectivity index (χ3n) is 4.76. The molecule has 0 spiro atoms. The summed E-state index contributed by atoms with van der Waals surface area (Å²) in [7, 11) is 0. The summed E-state index contributed by atoms with van der Waals surface area (Å²) in [6, 6.07) is 4.01. The third kappa shape index (κ3) is 3.49. The Labute approximate surface area is 126 Å². The Morgan fingerprint density at radius 3 is 3.05 bits per heavy atom. The van der Waals surface area contributed by atoms with Crippen LogP contribution in [0.25, 0.3) is 0 Å². The molecular weight excluding hydrogens is 266 g/mol. The summed E-state index contributed by atoms with van der Waals surface area (Å²) >= 11 is 0. The standard InChI is InChI=1S/C17H25NO3/c1-13-8-9-18(15(12-13)16-5-3-11-21-16)17(19)7-6-14-4-2-10-20-14/h3,5,11,13-15H,2,4,6-10,12H2,1H3/t13-,14-,15+/m1/s1. The van der Waals surface area contributed by atoms with Crippen LogP contribution < -0.4 is 0 Å². The second-order valence-electron chi connectivity index (χ2n) is 6.42. The summed E-state index contributed by atoms with van der Waals surface area (Å²) in [6.07, 6.45) is 7.76. The lowest BCUT2D eigenvalue weighted by Gasteiger charge is -2.37. The number of carbonyl (C=O) groups is 1. The van der Waals surface area contributed by atoms with Crippen molar-refractivity contribution in [3.63, 3.8) is 0 Å². The summed E-state index contributed by atoms with van der Waals surface area (Å²) < 4.78 is 11.2. The van der Waals surface area contributed by atoms with E-state index >= 15 is 0 Å². The quantitative estimate of drug-likeness (QED) is 0.852. The molecule has 116 valence electrons. The Kier molecular flexibility index (Phi) is 4.63. The van der Waals surface area contributed by atoms with Gasteiger partial charge < -0.3 is 14.1 Å². The monoisotopic (exact) mass is 291 g/mol. The first-order valence-electron chi connectivity index (χ1n) is 8.18. The zero-order valence-electron chi connectivity index (χ0n) is 12.8. The zero-order chi connectivity index (χ0) is 14.7. The van der Waals surface area contributed by atoms with Crippen molar-refractivity contribution in [3.05, 3.63) is 24.2 Å². The average molecular weight is 291 g/mol. The van der Waals surface area contributed by atoms with Gasteiger partial charge in [-0.15, -0.1) is 0 Å². The fourth-order valence-corrected chi connectivity index (χ4v) is 3.49. The van der Waals surface area contributed by atoms with Gasteiger partial charge in [-0.25, -0.2) is 0 Å². The Balaban J connectivity index is 1.61. The van der Waals surface area contributed by atoms with Gasteiger partial charge in [-0.3, -0.25) is 4.79 Å². The maximum Gasteiger partial charge on any atom is 0.223 e. The maximum absolute atomic E-state index is 12.6. The second kappa shape index (κ2) is 6.65. The van der Waals surface area contributed by atoms with Crippen molar-refractivity contribution in [1.82, 2.24) is 4.90 Å². The minimum atomic E-state index is 0.112. The van der Waals surface area contributed by atoms with E-state index in [1.54, 1.807) is 6.26 Å². The van der Waals surface area contributed by atoms with Crippen LogP contribution in [-0.2, 0) is 9.53 Å². The lowest BCUT2D eigenvalue weighted by Crippen LogP contribution is -2.40. The maximum atomic E-state index is 12.6. The predicted octanol–water partition coefficient (Wildman–Crippen LogP) is 3.54. The molecule has 1 amide bonds. The Morgan fingerprint density at radius 1 is 1.43 bits per heavy atom. The van der Waals surface area contributed by atoms with Gasteiger partial charge in [0, 0.05) is 19.6 Å². The number of hydrogen-bond acceptors (Lipinski definition) is 3. The van der Waals surface area contributed by atoms with E-state index in [-0.39, 0.29) is 11.9 Å². The van der Waals surface area contributed by atoms with Crippen molar-refractivity contribution < 1.29 is 13.9 Å². The van der Waals surface area contributed by atoms with Crippen molar-refractivity contribution in [2.24, 2.45) is 5.92 Å². The van der Waals surface area contributed by atoms with Crippen LogP contribution in [0, 0.1) is 5.92 Å². The highest BCUT2D eigenvalue weighted by Crippen LogP contribution is 2.35. The topological polar surface area (TPSA) is 42.7 Å². The first kappa shape index (κ1) is 14.6. The minimum Gasteiger partial charge on any atom is -0.467 e. The normalized spacial score (nSPS) is 29.8. The Hall–Kier alpha value is -1.29. The third-order valence-corrected chi connectivity index (χ3v) is 4.76. The molecule has 1 aromatic heterocycles. The summed E-state index contributed by atoms with van der Waals surface area (Å²) in [5.41, 5.74) is 0. The molecule has 2 saturated heterocycles. The second-order valence-corrected chi connectivity index (χ2v) is 6.42. The van der Waals surface area contributed by atoms with Gasteiger partial charge in [0.15, 0.2) is 0 Å². The number of ether oxygens (including phenoxy) is 1. The van der Waals surface area contributed by atoms with E-state index < -0.39 is 0 Å². The molecular formula is C17H25NO3. The minimum absolute atomic E-state index is 0.112. The smallest absolute Gasteiger partial charge is 0.223 e. The summed E-state index contributed by atoms with van der Waals surface area (Å²) in [6.45, 7) is 3.95. The van der Waals surface area contributed by atoms with E-state index in [1.807, 2.05) is 17.0 Å². The fraction of sp³-hybridized carbons (Fsp3) is 0.706. The number of amides is 1. The Bertz CT molecular complexity index is 451. The number of furan rings is 1. The lowest BCUT2D eigenvalue weighted by atomic mass is 9.90. The molecule has 21 heavy (non-hydrogen) atoms. The van der Waals surface area contributed by atoms with Gasteiger partial charge in [-0.2, -0.15) is 0 Å². The summed E-state index contributed by atoms with van der Waals surface area (Å²) in [5.74, 6) is 1.81. The highest BCUT2D eigenvalue weighted by molar-refractivity contribution is 5.76. The molecule has 2 aliphatic rings. The number of likely N-dealkylation sites (tertiary alicyclic amines) is 1. The molecule has 0 saturated carbocycles. The van der Waals surface area contributed by atoms with E-state index in [4.69, 9.17) is 9.15 Å². The van der Waals surface area contributed by atoms with Crippen molar-refractivity contribution in [3.8, 4) is 0 Å². The van der Waals surface area contributed by atoms with Gasteiger partial charge in [-0.1, -0.05) is 6.92 Å². The van der Waals surface area contributed by atoms with Gasteiger partial charge in [0.25, 0.3) is 0 Å². The van der Waals surface area contributed by atoms with Crippen molar-refractivity contribution in [1.29, 1.82) is 0 Å². The number of nitrogens with zero attached hydrogens (tertiary/aromatic N) is 1. The fourth-order valence-electron chi connectivity index (χ4n) is 3.49. The average Bonchev–Trinajstić information content (AvgIpc) is 3.18. The molecule has 2 aliphatic heterocycles. The van der Waals surface area contributed by atoms with Gasteiger partial charge in [0.2, 0.25) is 5.91 Å². The number of piperidine rings is 1. The molecule has 0 bridgehead atoms. The van der Waals surface area contributed by atoms with Crippen molar-refractivity contribution >= 4 is 5.91 Å². The molecule has 0 aromatic carbocycles. The van der Waals surface area contributed by atoms with E-state index in [2.05, 4.69) is 6.92 Å². The van der Waals surface area contributed by atoms with E-state index in [0.29, 0.717) is 18.4 Å². The van der Waals surface area contributed by atoms with E-state index in [9.17, 15) is 4.79 Å². The molecule has 2 fully saturated rings. The molecule has 0 N–H and O–H groups in total. The molecule has 4 nitrogen and oxygen atoms in total. The molecule has 0 aliphatic carbocycles. The van der Waals surface area contributed by atoms with Gasteiger partial charge in [0.05, 0.1) is 18.4 Å². The molecule has 0 unspecified atom stereocenters. The van der Waals surface area contributed by atoms with Crippen LogP contribution in [0.1, 0.15) is 57.3 Å². The molecule has 3 atom stereocenters. The predicted molar refractivity (Wildman–Crippen MR) is 79.8 cm³/mol. The number of hydrogen-bond donors (Lipinski definition) is 0. The molecule has 4 heteroatoms. The molecule has 3 rings (SSSR count). The number of rotatable bonds is 4. The first-order valence-corrected chi connectivity index (χ1v) is 8.18. The molecule has 3 heterocycles. The van der Waals surface area contributed by atoms with E-state index in [1.165, 1.54) is 0 Å². The van der Waals surface area contributed by atoms with Crippen LogP contribution >= 0.6 is 0 Å². The largest absolute Gasteiger partial charge is 0.467 e. The van der Waals surface area contributed by atoms with Crippen LogP contribution in [0.5, 0.6) is 0 Å². The summed E-state index contributed by atoms with van der Waals surface area (Å²) in [4.78, 5) is 14.6. The first-order chi connectivity index (χ1) is 10.2. The van der Waals surface area contributed by atoms with Crippen molar-refractivity contribution in [2.45, 2.75) is 57.6 Å². The number of carbonyl (C=O) groups excluding carboxylic acids is 1.